The molecule has 8 heteroatoms. The van der Waals surface area contributed by atoms with Gasteiger partial charge in [0.2, 0.25) is 11.8 Å². The SMILES string of the molecule is COCCNC(=O)C[NH+]1CCN(C(=O)CNC(=O)Cc2cccc3ccccc23)CC1. The number of carbonyl (C=O) groups excluding carboxylic acids is 3. The van der Waals surface area contributed by atoms with Crippen LogP contribution in [0.25, 0.3) is 10.8 Å². The molecule has 0 bridgehead atoms. The second kappa shape index (κ2) is 11.4. The number of amides is 3. The van der Waals surface area contributed by atoms with Gasteiger partial charge in [-0.15, -0.1) is 0 Å². The van der Waals surface area contributed by atoms with Gasteiger partial charge in [0, 0.05) is 13.7 Å². The minimum absolute atomic E-state index is 0.00354. The summed E-state index contributed by atoms with van der Waals surface area (Å²) in [6.07, 6.45) is 0.241. The topological polar surface area (TPSA) is 92.2 Å². The van der Waals surface area contributed by atoms with Gasteiger partial charge in [-0.3, -0.25) is 14.4 Å². The van der Waals surface area contributed by atoms with E-state index >= 15 is 0 Å². The number of benzene rings is 2. The number of methoxy groups -OCH3 is 1. The number of piperazine rings is 1. The number of hydrogen-bond donors (Lipinski definition) is 3. The highest BCUT2D eigenvalue weighted by Crippen LogP contribution is 2.18. The van der Waals surface area contributed by atoms with Crippen molar-refractivity contribution in [2.75, 3.05) is 59.5 Å². The smallest absolute Gasteiger partial charge is 0.275 e. The Labute approximate surface area is 182 Å². The molecule has 3 rings (SSSR count). The predicted octanol–water partition coefficient (Wildman–Crippen LogP) is -1.01. The summed E-state index contributed by atoms with van der Waals surface area (Å²) in [4.78, 5) is 39.7. The number of hydrogen-bond acceptors (Lipinski definition) is 4. The summed E-state index contributed by atoms with van der Waals surface area (Å²) in [5.41, 5.74) is 0.948. The van der Waals surface area contributed by atoms with Crippen LogP contribution in [0.3, 0.4) is 0 Å². The largest absolute Gasteiger partial charge is 0.383 e. The third kappa shape index (κ3) is 6.77. The summed E-state index contributed by atoms with van der Waals surface area (Å²) in [6.45, 7) is 3.99. The summed E-state index contributed by atoms with van der Waals surface area (Å²) in [7, 11) is 1.60. The summed E-state index contributed by atoms with van der Waals surface area (Å²) in [6, 6.07) is 13.9. The van der Waals surface area contributed by atoms with Gasteiger partial charge in [0.25, 0.3) is 5.91 Å². The van der Waals surface area contributed by atoms with E-state index in [1.165, 1.54) is 0 Å². The third-order valence-corrected chi connectivity index (χ3v) is 5.53. The number of nitrogens with one attached hydrogen (secondary N) is 3. The van der Waals surface area contributed by atoms with Gasteiger partial charge in [0.15, 0.2) is 6.54 Å². The van der Waals surface area contributed by atoms with Crippen LogP contribution in [0.1, 0.15) is 5.56 Å². The van der Waals surface area contributed by atoms with Gasteiger partial charge in [0.1, 0.15) is 0 Å². The lowest BCUT2D eigenvalue weighted by molar-refractivity contribution is -0.896. The Morgan fingerprint density at radius 2 is 1.74 bits per heavy atom. The van der Waals surface area contributed by atoms with Crippen molar-refractivity contribution in [2.45, 2.75) is 6.42 Å². The first-order valence-electron chi connectivity index (χ1n) is 10.7. The highest BCUT2D eigenvalue weighted by molar-refractivity contribution is 5.91. The molecule has 0 aromatic heterocycles. The molecule has 1 fully saturated rings. The average molecular weight is 428 g/mol. The highest BCUT2D eigenvalue weighted by Gasteiger charge is 2.25. The van der Waals surface area contributed by atoms with E-state index in [1.807, 2.05) is 42.5 Å². The van der Waals surface area contributed by atoms with E-state index in [0.717, 1.165) is 21.2 Å². The molecule has 2 aromatic rings. The van der Waals surface area contributed by atoms with Crippen molar-refractivity contribution in [1.29, 1.82) is 0 Å². The van der Waals surface area contributed by atoms with E-state index in [0.29, 0.717) is 45.9 Å². The molecule has 0 aliphatic carbocycles. The van der Waals surface area contributed by atoms with Gasteiger partial charge in [-0.25, -0.2) is 0 Å². The first-order chi connectivity index (χ1) is 15.1. The Kier molecular flexibility index (Phi) is 8.37. The van der Waals surface area contributed by atoms with Crippen LogP contribution >= 0.6 is 0 Å². The zero-order valence-corrected chi connectivity index (χ0v) is 18.0. The molecule has 3 N–H and O–H groups in total. The van der Waals surface area contributed by atoms with Crippen molar-refractivity contribution in [3.63, 3.8) is 0 Å². The zero-order valence-electron chi connectivity index (χ0n) is 18.0. The van der Waals surface area contributed by atoms with Crippen LogP contribution < -0.4 is 15.5 Å². The molecule has 1 aliphatic rings. The van der Waals surface area contributed by atoms with E-state index in [9.17, 15) is 14.4 Å². The molecule has 0 unspecified atom stereocenters. The Morgan fingerprint density at radius 3 is 2.52 bits per heavy atom. The molecule has 3 amide bonds. The molecule has 8 nitrogen and oxygen atoms in total. The van der Waals surface area contributed by atoms with E-state index in [4.69, 9.17) is 4.74 Å². The molecule has 0 saturated carbocycles. The van der Waals surface area contributed by atoms with Crippen molar-refractivity contribution in [3.8, 4) is 0 Å². The van der Waals surface area contributed by atoms with Crippen LogP contribution in [0.4, 0.5) is 0 Å². The van der Waals surface area contributed by atoms with Crippen LogP contribution in [0, 0.1) is 0 Å². The number of nitrogens with zero attached hydrogens (tertiary/aromatic N) is 1. The van der Waals surface area contributed by atoms with Crippen molar-refractivity contribution in [3.05, 3.63) is 48.0 Å². The first kappa shape index (κ1) is 22.7. The molecule has 1 saturated heterocycles. The van der Waals surface area contributed by atoms with Gasteiger partial charge in [-0.2, -0.15) is 0 Å². The number of quaternary nitrogens is 1. The number of rotatable bonds is 9. The first-order valence-corrected chi connectivity index (χ1v) is 10.7. The van der Waals surface area contributed by atoms with Gasteiger partial charge in [0.05, 0.1) is 45.8 Å². The van der Waals surface area contributed by atoms with Crippen LogP contribution in [-0.4, -0.2) is 82.2 Å². The molecule has 1 aliphatic heterocycles. The molecular weight excluding hydrogens is 396 g/mol. The fourth-order valence-corrected chi connectivity index (χ4v) is 3.80. The molecule has 1 heterocycles. The van der Waals surface area contributed by atoms with Gasteiger partial charge in [-0.05, 0) is 16.3 Å². The summed E-state index contributed by atoms with van der Waals surface area (Å²) in [5.74, 6) is -0.260. The average Bonchev–Trinajstić information content (AvgIpc) is 2.78. The maximum Gasteiger partial charge on any atom is 0.275 e. The second-order valence-electron chi connectivity index (χ2n) is 7.74. The molecule has 0 spiro atoms. The van der Waals surface area contributed by atoms with Crippen molar-refractivity contribution < 1.29 is 24.0 Å². The van der Waals surface area contributed by atoms with Crippen LogP contribution in [0.5, 0.6) is 0 Å². The lowest BCUT2D eigenvalue weighted by Gasteiger charge is -2.32. The summed E-state index contributed by atoms with van der Waals surface area (Å²) < 4.78 is 4.92. The van der Waals surface area contributed by atoms with Crippen molar-refractivity contribution in [2.24, 2.45) is 0 Å². The Balaban J connectivity index is 1.39. The molecule has 0 atom stereocenters. The number of carbonyl (C=O) groups is 3. The number of fused-ring (bicyclic) bond motifs is 1. The normalized spacial score (nSPS) is 14.4. The lowest BCUT2D eigenvalue weighted by atomic mass is 10.0. The molecule has 31 heavy (non-hydrogen) atoms. The van der Waals surface area contributed by atoms with Gasteiger partial charge in [-0.1, -0.05) is 42.5 Å². The van der Waals surface area contributed by atoms with E-state index in [1.54, 1.807) is 12.0 Å². The van der Waals surface area contributed by atoms with Crippen LogP contribution in [0.2, 0.25) is 0 Å². The Morgan fingerprint density at radius 1 is 1.00 bits per heavy atom. The maximum atomic E-state index is 12.5. The quantitative estimate of drug-likeness (QED) is 0.447. The van der Waals surface area contributed by atoms with E-state index in [-0.39, 0.29) is 30.7 Å². The minimum atomic E-state index is -0.165. The molecule has 2 aromatic carbocycles. The van der Waals surface area contributed by atoms with E-state index < -0.39 is 0 Å². The maximum absolute atomic E-state index is 12.5. The monoisotopic (exact) mass is 427 g/mol. The van der Waals surface area contributed by atoms with Crippen LogP contribution in [0.15, 0.2) is 42.5 Å². The molecular formula is C23H31N4O4+. The zero-order chi connectivity index (χ0) is 22.1. The fourth-order valence-electron chi connectivity index (χ4n) is 3.80. The highest BCUT2D eigenvalue weighted by atomic mass is 16.5. The molecule has 166 valence electrons. The standard InChI is InChI=1S/C23H30N4O4/c1-31-14-9-24-22(29)17-26-10-12-27(13-11-26)23(30)16-25-21(28)15-19-7-4-6-18-5-2-3-8-20(18)19/h2-8H,9-17H2,1H3,(H,24,29)(H,25,28)/p+1. The Bertz CT molecular complexity index is 904. The Hall–Kier alpha value is -2.97. The van der Waals surface area contributed by atoms with Gasteiger partial charge >= 0.3 is 0 Å². The fraction of sp³-hybridized carbons (Fsp3) is 0.435. The molecule has 0 radical (unpaired) electrons. The van der Waals surface area contributed by atoms with Crippen molar-refractivity contribution >= 4 is 28.5 Å². The second-order valence-corrected chi connectivity index (χ2v) is 7.74. The third-order valence-electron chi connectivity index (χ3n) is 5.53. The number of ether oxygens (including phenoxy) is 1. The van der Waals surface area contributed by atoms with Gasteiger partial charge < -0.3 is 25.2 Å². The predicted molar refractivity (Wildman–Crippen MR) is 118 cm³/mol. The van der Waals surface area contributed by atoms with Crippen LogP contribution in [-0.2, 0) is 25.5 Å². The minimum Gasteiger partial charge on any atom is -0.383 e. The van der Waals surface area contributed by atoms with E-state index in [2.05, 4.69) is 10.6 Å². The lowest BCUT2D eigenvalue weighted by Crippen LogP contribution is -3.15. The summed E-state index contributed by atoms with van der Waals surface area (Å²) >= 11 is 0. The summed E-state index contributed by atoms with van der Waals surface area (Å²) in [5, 5.41) is 7.71. The van der Waals surface area contributed by atoms with Crippen molar-refractivity contribution in [1.82, 2.24) is 15.5 Å².